The molecule has 1 unspecified atom stereocenters. The summed E-state index contributed by atoms with van der Waals surface area (Å²) in [5, 5.41) is 9.43. The fourth-order valence-corrected chi connectivity index (χ4v) is 3.70. The van der Waals surface area contributed by atoms with E-state index in [4.69, 9.17) is 11.6 Å². The molecule has 3 aromatic rings. The van der Waals surface area contributed by atoms with Gasteiger partial charge in [0.05, 0.1) is 16.0 Å². The van der Waals surface area contributed by atoms with E-state index < -0.39 is 21.9 Å². The smallest absolute Gasteiger partial charge is 0.319 e. The fraction of sp³-hybridized carbons (Fsp3) is 0.188. The largest absolute Gasteiger partial charge is 0.328 e. The van der Waals surface area contributed by atoms with Gasteiger partial charge in [-0.15, -0.1) is 0 Å². The van der Waals surface area contributed by atoms with Gasteiger partial charge in [0, 0.05) is 24.3 Å². The molecule has 3 rings (SSSR count). The van der Waals surface area contributed by atoms with Crippen LogP contribution in [0.5, 0.6) is 0 Å². The normalized spacial score (nSPS) is 12.4. The van der Waals surface area contributed by atoms with Crippen molar-refractivity contribution in [3.8, 4) is 5.95 Å². The molecule has 28 heavy (non-hydrogen) atoms. The minimum absolute atomic E-state index is 0.0685. The first-order valence-corrected chi connectivity index (χ1v) is 10.3. The lowest BCUT2D eigenvalue weighted by molar-refractivity contribution is 0.248. The van der Waals surface area contributed by atoms with Gasteiger partial charge < -0.3 is 10.6 Å². The van der Waals surface area contributed by atoms with Gasteiger partial charge in [0.1, 0.15) is 6.33 Å². The van der Waals surface area contributed by atoms with Crippen LogP contribution >= 0.6 is 11.6 Å². The van der Waals surface area contributed by atoms with E-state index in [2.05, 4.69) is 30.7 Å². The summed E-state index contributed by atoms with van der Waals surface area (Å²) in [7, 11) is -3.53. The SMILES string of the molecule is CC(NC(=O)Nc1ccc(Cl)c(S(C)(=O)=O)c1)c1ncnn1-c1ncccn1. The molecule has 0 saturated carbocycles. The number of anilines is 1. The number of rotatable bonds is 5. The third-order valence-electron chi connectivity index (χ3n) is 3.64. The van der Waals surface area contributed by atoms with Crippen molar-refractivity contribution in [2.24, 2.45) is 0 Å². The molecule has 146 valence electrons. The molecule has 2 N–H and O–H groups in total. The summed E-state index contributed by atoms with van der Waals surface area (Å²) in [6.45, 7) is 1.72. The number of carbonyl (C=O) groups excluding carboxylic acids is 1. The first kappa shape index (κ1) is 19.7. The molecule has 0 radical (unpaired) electrons. The molecule has 0 bridgehead atoms. The molecular weight excluding hydrogens is 406 g/mol. The van der Waals surface area contributed by atoms with Crippen LogP contribution in [0.25, 0.3) is 5.95 Å². The maximum absolute atomic E-state index is 12.3. The van der Waals surface area contributed by atoms with E-state index in [1.54, 1.807) is 25.4 Å². The van der Waals surface area contributed by atoms with Gasteiger partial charge in [0.15, 0.2) is 15.7 Å². The van der Waals surface area contributed by atoms with Crippen LogP contribution < -0.4 is 10.6 Å². The highest BCUT2D eigenvalue weighted by Crippen LogP contribution is 2.25. The zero-order valence-electron chi connectivity index (χ0n) is 14.9. The Labute approximate surface area is 165 Å². The number of benzene rings is 1. The quantitative estimate of drug-likeness (QED) is 0.643. The highest BCUT2D eigenvalue weighted by molar-refractivity contribution is 7.90. The van der Waals surface area contributed by atoms with Gasteiger partial charge in [-0.3, -0.25) is 0 Å². The summed E-state index contributed by atoms with van der Waals surface area (Å²) in [6, 6.07) is 4.78. The number of halogens is 1. The molecular formula is C16H16ClN7O3S. The van der Waals surface area contributed by atoms with Crippen LogP contribution in [-0.4, -0.2) is 45.4 Å². The highest BCUT2D eigenvalue weighted by atomic mass is 35.5. The number of hydrogen-bond acceptors (Lipinski definition) is 7. The standard InChI is InChI=1S/C16H16ClN7O3S/c1-10(14-20-9-21-24(14)15-18-6-3-7-19-15)22-16(25)23-11-4-5-12(17)13(8-11)28(2,26)27/h3-10H,1-2H3,(H2,22,23,25). The Hall–Kier alpha value is -3.05. The van der Waals surface area contributed by atoms with Crippen LogP contribution in [0.2, 0.25) is 5.02 Å². The lowest BCUT2D eigenvalue weighted by Crippen LogP contribution is -2.32. The number of nitrogens with one attached hydrogen (secondary N) is 2. The number of aromatic nitrogens is 5. The van der Waals surface area contributed by atoms with Gasteiger partial charge in [0.25, 0.3) is 5.95 Å². The zero-order valence-corrected chi connectivity index (χ0v) is 16.4. The van der Waals surface area contributed by atoms with Crippen molar-refractivity contribution in [2.75, 3.05) is 11.6 Å². The first-order chi connectivity index (χ1) is 13.3. The molecule has 0 fully saturated rings. The van der Waals surface area contributed by atoms with E-state index in [1.165, 1.54) is 29.2 Å². The number of carbonyl (C=O) groups is 1. The van der Waals surface area contributed by atoms with Crippen LogP contribution in [0.1, 0.15) is 18.8 Å². The third kappa shape index (κ3) is 4.43. The average molecular weight is 422 g/mol. The van der Waals surface area contributed by atoms with Crippen molar-refractivity contribution in [2.45, 2.75) is 17.9 Å². The molecule has 12 heteroatoms. The van der Waals surface area contributed by atoms with Gasteiger partial charge in [-0.1, -0.05) is 11.6 Å². The van der Waals surface area contributed by atoms with Gasteiger partial charge in [-0.2, -0.15) is 9.78 Å². The van der Waals surface area contributed by atoms with Crippen LogP contribution in [0, 0.1) is 0 Å². The Morgan fingerprint density at radius 3 is 2.61 bits per heavy atom. The molecule has 10 nitrogen and oxygen atoms in total. The average Bonchev–Trinajstić information content (AvgIpc) is 3.13. The van der Waals surface area contributed by atoms with Gasteiger partial charge >= 0.3 is 6.03 Å². The summed E-state index contributed by atoms with van der Waals surface area (Å²) in [5.41, 5.74) is 0.280. The molecule has 1 atom stereocenters. The van der Waals surface area contributed by atoms with Gasteiger partial charge in [-0.25, -0.2) is 28.2 Å². The third-order valence-corrected chi connectivity index (χ3v) is 5.22. The van der Waals surface area contributed by atoms with Gasteiger partial charge in [0.2, 0.25) is 0 Å². The van der Waals surface area contributed by atoms with Crippen molar-refractivity contribution in [1.82, 2.24) is 30.0 Å². The number of amides is 2. The van der Waals surface area contributed by atoms with E-state index in [0.717, 1.165) is 6.26 Å². The molecule has 2 aromatic heterocycles. The zero-order chi connectivity index (χ0) is 20.3. The predicted octanol–water partition coefficient (Wildman–Crippen LogP) is 2.00. The van der Waals surface area contributed by atoms with Crippen LogP contribution in [-0.2, 0) is 9.84 Å². The highest BCUT2D eigenvalue weighted by Gasteiger charge is 2.19. The summed E-state index contributed by atoms with van der Waals surface area (Å²) in [6.07, 6.45) is 5.51. The summed E-state index contributed by atoms with van der Waals surface area (Å²) >= 11 is 5.91. The Morgan fingerprint density at radius 2 is 1.93 bits per heavy atom. The maximum Gasteiger partial charge on any atom is 0.319 e. The topological polar surface area (TPSA) is 132 Å². The Kier molecular flexibility index (Phi) is 5.56. The number of nitrogens with zero attached hydrogens (tertiary/aromatic N) is 5. The van der Waals surface area contributed by atoms with E-state index in [0.29, 0.717) is 11.8 Å². The summed E-state index contributed by atoms with van der Waals surface area (Å²) in [4.78, 5) is 24.6. The fourth-order valence-electron chi connectivity index (χ4n) is 2.39. The van der Waals surface area contributed by atoms with Crippen molar-refractivity contribution in [3.05, 3.63) is 53.8 Å². The molecule has 0 spiro atoms. The second-order valence-corrected chi connectivity index (χ2v) is 8.21. The summed E-state index contributed by atoms with van der Waals surface area (Å²) < 4.78 is 24.9. The van der Waals surface area contributed by atoms with E-state index in [-0.39, 0.29) is 15.6 Å². The van der Waals surface area contributed by atoms with E-state index >= 15 is 0 Å². The molecule has 0 aliphatic heterocycles. The number of hydrogen-bond donors (Lipinski definition) is 2. The van der Waals surface area contributed by atoms with Crippen molar-refractivity contribution in [3.63, 3.8) is 0 Å². The Balaban J connectivity index is 1.74. The lowest BCUT2D eigenvalue weighted by atomic mass is 10.3. The minimum atomic E-state index is -3.53. The van der Waals surface area contributed by atoms with Crippen molar-refractivity contribution < 1.29 is 13.2 Å². The minimum Gasteiger partial charge on any atom is -0.328 e. The predicted molar refractivity (Wildman–Crippen MR) is 102 cm³/mol. The summed E-state index contributed by atoms with van der Waals surface area (Å²) in [5.74, 6) is 0.744. The van der Waals surface area contributed by atoms with Crippen molar-refractivity contribution >= 4 is 33.2 Å². The maximum atomic E-state index is 12.3. The molecule has 0 aliphatic rings. The Bertz CT molecular complexity index is 1100. The molecule has 0 saturated heterocycles. The number of sulfone groups is 1. The molecule has 0 aliphatic carbocycles. The lowest BCUT2D eigenvalue weighted by Gasteiger charge is -2.15. The number of urea groups is 1. The van der Waals surface area contributed by atoms with Gasteiger partial charge in [-0.05, 0) is 31.2 Å². The molecule has 2 heterocycles. The van der Waals surface area contributed by atoms with Crippen LogP contribution in [0.4, 0.5) is 10.5 Å². The first-order valence-electron chi connectivity index (χ1n) is 8.00. The monoisotopic (exact) mass is 421 g/mol. The second kappa shape index (κ2) is 7.90. The second-order valence-electron chi connectivity index (χ2n) is 5.82. The van der Waals surface area contributed by atoms with Crippen LogP contribution in [0.3, 0.4) is 0 Å². The molecule has 1 aromatic carbocycles. The Morgan fingerprint density at radius 1 is 1.21 bits per heavy atom. The van der Waals surface area contributed by atoms with E-state index in [1.807, 2.05) is 0 Å². The molecule has 2 amide bonds. The van der Waals surface area contributed by atoms with Crippen molar-refractivity contribution in [1.29, 1.82) is 0 Å². The van der Waals surface area contributed by atoms with Crippen LogP contribution in [0.15, 0.2) is 47.9 Å². The van der Waals surface area contributed by atoms with E-state index in [9.17, 15) is 13.2 Å².